The smallest absolute Gasteiger partial charge is 0.241 e. The minimum absolute atomic E-state index is 0.0951. The third kappa shape index (κ3) is 4.47. The van der Waals surface area contributed by atoms with Crippen LogP contribution in [0.2, 0.25) is 5.02 Å². The van der Waals surface area contributed by atoms with E-state index in [1.807, 2.05) is 0 Å². The van der Waals surface area contributed by atoms with Crippen molar-refractivity contribution in [1.29, 1.82) is 0 Å². The third-order valence-electron chi connectivity index (χ3n) is 3.23. The Hall–Kier alpha value is -2.09. The number of hydrogen-bond acceptors (Lipinski definition) is 4. The average Bonchev–Trinajstić information content (AvgIpc) is 2.57. The van der Waals surface area contributed by atoms with Crippen LogP contribution in [0.5, 0.6) is 5.75 Å². The predicted octanol–water partition coefficient (Wildman–Crippen LogP) is 2.57. The van der Waals surface area contributed by atoms with Crippen LogP contribution >= 0.6 is 11.6 Å². The summed E-state index contributed by atoms with van der Waals surface area (Å²) in [6.07, 6.45) is 0. The number of carbonyl (C=O) groups is 1. The summed E-state index contributed by atoms with van der Waals surface area (Å²) < 4.78 is 31.6. The molecular formula is C16H17ClN2O4S. The highest BCUT2D eigenvalue weighted by Crippen LogP contribution is 2.30. The van der Waals surface area contributed by atoms with Crippen LogP contribution < -0.4 is 14.8 Å². The van der Waals surface area contributed by atoms with Gasteiger partial charge in [0, 0.05) is 11.1 Å². The molecule has 0 bridgehead atoms. The quantitative estimate of drug-likeness (QED) is 0.820. The number of amides is 1. The van der Waals surface area contributed by atoms with Crippen molar-refractivity contribution >= 4 is 33.2 Å². The summed E-state index contributed by atoms with van der Waals surface area (Å²) in [6.45, 7) is 1.39. The highest BCUT2D eigenvalue weighted by atomic mass is 35.5. The average molecular weight is 369 g/mol. The minimum atomic E-state index is -3.74. The zero-order valence-corrected chi connectivity index (χ0v) is 14.7. The van der Waals surface area contributed by atoms with Crippen LogP contribution in [0.1, 0.15) is 5.56 Å². The number of anilines is 1. The molecule has 2 aromatic carbocycles. The van der Waals surface area contributed by atoms with Gasteiger partial charge in [0.2, 0.25) is 15.9 Å². The second kappa shape index (κ2) is 7.65. The minimum Gasteiger partial charge on any atom is -0.495 e. The van der Waals surface area contributed by atoms with E-state index in [9.17, 15) is 13.2 Å². The van der Waals surface area contributed by atoms with Gasteiger partial charge in [-0.15, -0.1) is 0 Å². The maximum absolute atomic E-state index is 12.1. The second-order valence-corrected chi connectivity index (χ2v) is 7.16. The van der Waals surface area contributed by atoms with E-state index in [0.29, 0.717) is 16.5 Å². The summed E-state index contributed by atoms with van der Waals surface area (Å²) in [5, 5.41) is 3.11. The number of benzene rings is 2. The van der Waals surface area contributed by atoms with Crippen molar-refractivity contribution in [3.8, 4) is 5.75 Å². The fourth-order valence-electron chi connectivity index (χ4n) is 1.97. The number of ether oxygens (including phenoxy) is 1. The summed E-state index contributed by atoms with van der Waals surface area (Å²) in [7, 11) is -2.29. The monoisotopic (exact) mass is 368 g/mol. The van der Waals surface area contributed by atoms with Gasteiger partial charge in [-0.1, -0.05) is 29.8 Å². The number of sulfonamides is 1. The zero-order valence-electron chi connectivity index (χ0n) is 13.2. The maximum Gasteiger partial charge on any atom is 0.241 e. The molecule has 8 heteroatoms. The molecule has 0 fully saturated rings. The van der Waals surface area contributed by atoms with Crippen LogP contribution in [0.15, 0.2) is 47.4 Å². The van der Waals surface area contributed by atoms with E-state index in [1.165, 1.54) is 19.2 Å². The van der Waals surface area contributed by atoms with Crippen LogP contribution in [-0.2, 0) is 14.8 Å². The molecule has 0 aliphatic heterocycles. The highest BCUT2D eigenvalue weighted by molar-refractivity contribution is 7.89. The van der Waals surface area contributed by atoms with Crippen LogP contribution in [0.4, 0.5) is 5.69 Å². The topological polar surface area (TPSA) is 84.5 Å². The lowest BCUT2D eigenvalue weighted by molar-refractivity contribution is -0.115. The van der Waals surface area contributed by atoms with E-state index in [1.54, 1.807) is 37.3 Å². The Morgan fingerprint density at radius 2 is 1.88 bits per heavy atom. The molecule has 0 atom stereocenters. The third-order valence-corrected chi connectivity index (χ3v) is 5.06. The summed E-state index contributed by atoms with van der Waals surface area (Å²) in [4.78, 5) is 12.1. The van der Waals surface area contributed by atoms with Gasteiger partial charge in [0.15, 0.2) is 0 Å². The van der Waals surface area contributed by atoms with Crippen LogP contribution in [-0.4, -0.2) is 28.0 Å². The Labute approximate surface area is 145 Å². The van der Waals surface area contributed by atoms with Gasteiger partial charge in [-0.3, -0.25) is 4.79 Å². The number of carbonyl (C=O) groups excluding carboxylic acids is 1. The SMILES string of the molecule is COc1cc(Cl)c(C)cc1NC(=O)CNS(=O)(=O)c1ccccc1. The molecule has 0 aliphatic carbocycles. The summed E-state index contributed by atoms with van der Waals surface area (Å²) >= 11 is 6.01. The van der Waals surface area contributed by atoms with Crippen molar-refractivity contribution in [3.63, 3.8) is 0 Å². The van der Waals surface area contributed by atoms with Gasteiger partial charge in [-0.2, -0.15) is 0 Å². The molecule has 0 saturated carbocycles. The predicted molar refractivity (Wildman–Crippen MR) is 93.0 cm³/mol. The van der Waals surface area contributed by atoms with Crippen molar-refractivity contribution in [2.75, 3.05) is 19.0 Å². The van der Waals surface area contributed by atoms with E-state index < -0.39 is 22.5 Å². The first-order chi connectivity index (χ1) is 11.3. The largest absolute Gasteiger partial charge is 0.495 e. The lowest BCUT2D eigenvalue weighted by atomic mass is 10.2. The van der Waals surface area contributed by atoms with Crippen LogP contribution in [0, 0.1) is 6.92 Å². The van der Waals surface area contributed by atoms with Crippen LogP contribution in [0.25, 0.3) is 0 Å². The molecule has 0 radical (unpaired) electrons. The summed E-state index contributed by atoms with van der Waals surface area (Å²) in [5.41, 5.74) is 1.18. The molecule has 0 unspecified atom stereocenters. The first-order valence-corrected chi connectivity index (χ1v) is 8.88. The molecule has 6 nitrogen and oxygen atoms in total. The molecule has 1 amide bonds. The number of halogens is 1. The van der Waals surface area contributed by atoms with Gasteiger partial charge in [0.1, 0.15) is 5.75 Å². The molecule has 0 aliphatic rings. The first kappa shape index (κ1) is 18.3. The van der Waals surface area contributed by atoms with Crippen molar-refractivity contribution in [3.05, 3.63) is 53.1 Å². The molecule has 2 aromatic rings. The molecule has 0 saturated heterocycles. The van der Waals surface area contributed by atoms with Crippen molar-refractivity contribution in [1.82, 2.24) is 4.72 Å². The van der Waals surface area contributed by atoms with E-state index in [0.717, 1.165) is 5.56 Å². The van der Waals surface area contributed by atoms with Crippen molar-refractivity contribution in [2.24, 2.45) is 0 Å². The Morgan fingerprint density at radius 3 is 2.50 bits per heavy atom. The standard InChI is InChI=1S/C16H17ClN2O4S/c1-11-8-14(15(23-2)9-13(11)17)19-16(20)10-18-24(21,22)12-6-4-3-5-7-12/h3-9,18H,10H2,1-2H3,(H,19,20). The second-order valence-electron chi connectivity index (χ2n) is 4.99. The van der Waals surface area contributed by atoms with Crippen LogP contribution in [0.3, 0.4) is 0 Å². The Balaban J connectivity index is 2.06. The molecule has 128 valence electrons. The fraction of sp³-hybridized carbons (Fsp3) is 0.188. The molecule has 2 rings (SSSR count). The van der Waals surface area contributed by atoms with Gasteiger partial charge >= 0.3 is 0 Å². The number of rotatable bonds is 6. The number of hydrogen-bond donors (Lipinski definition) is 2. The number of nitrogens with one attached hydrogen (secondary N) is 2. The molecule has 0 heterocycles. The lowest BCUT2D eigenvalue weighted by Crippen LogP contribution is -2.33. The van der Waals surface area contributed by atoms with Gasteiger partial charge < -0.3 is 10.1 Å². The molecular weight excluding hydrogens is 352 g/mol. The van der Waals surface area contributed by atoms with Crippen molar-refractivity contribution in [2.45, 2.75) is 11.8 Å². The Morgan fingerprint density at radius 1 is 1.21 bits per heavy atom. The van der Waals surface area contributed by atoms with Gasteiger partial charge in [0.25, 0.3) is 0 Å². The molecule has 2 N–H and O–H groups in total. The number of methoxy groups -OCH3 is 1. The summed E-state index contributed by atoms with van der Waals surface area (Å²) in [6, 6.07) is 11.1. The lowest BCUT2D eigenvalue weighted by Gasteiger charge is -2.12. The van der Waals surface area contributed by atoms with Gasteiger partial charge in [-0.05, 0) is 30.7 Å². The molecule has 24 heavy (non-hydrogen) atoms. The Bertz CT molecular complexity index is 839. The van der Waals surface area contributed by atoms with Gasteiger partial charge in [0.05, 0.1) is 24.2 Å². The number of aryl methyl sites for hydroxylation is 1. The highest BCUT2D eigenvalue weighted by Gasteiger charge is 2.16. The molecule has 0 spiro atoms. The van der Waals surface area contributed by atoms with Gasteiger partial charge in [-0.25, -0.2) is 13.1 Å². The maximum atomic E-state index is 12.1. The zero-order chi connectivity index (χ0) is 17.7. The fourth-order valence-corrected chi connectivity index (χ4v) is 3.12. The van der Waals surface area contributed by atoms with E-state index in [-0.39, 0.29) is 4.90 Å². The normalized spacial score (nSPS) is 11.1. The first-order valence-electron chi connectivity index (χ1n) is 7.02. The van der Waals surface area contributed by atoms with E-state index in [4.69, 9.17) is 16.3 Å². The van der Waals surface area contributed by atoms with E-state index >= 15 is 0 Å². The Kier molecular flexibility index (Phi) is 5.82. The molecule has 0 aromatic heterocycles. The summed E-state index contributed by atoms with van der Waals surface area (Å²) in [5.74, 6) is -0.126. The van der Waals surface area contributed by atoms with Crippen molar-refractivity contribution < 1.29 is 17.9 Å². The van der Waals surface area contributed by atoms with E-state index in [2.05, 4.69) is 10.0 Å².